The Morgan fingerprint density at radius 2 is 1.75 bits per heavy atom. The van der Waals surface area contributed by atoms with Crippen molar-refractivity contribution in [1.82, 2.24) is 0 Å². The van der Waals surface area contributed by atoms with Crippen LogP contribution in [0.2, 0.25) is 0 Å². The number of hydrogen-bond donors (Lipinski definition) is 2. The molecule has 1 heterocycles. The second-order valence-corrected chi connectivity index (χ2v) is 8.04. The van der Waals surface area contributed by atoms with Gasteiger partial charge >= 0.3 is 12.1 Å². The number of rotatable bonds is 5. The maximum absolute atomic E-state index is 13.1. The highest BCUT2D eigenvalue weighted by Gasteiger charge is 2.32. The molecule has 28 heavy (non-hydrogen) atoms. The molecule has 0 aliphatic carbocycles. The first kappa shape index (κ1) is 20.0. The molecule has 3 rings (SSSR count). The number of anilines is 2. The molecular weight excluding hydrogens is 397 g/mol. The quantitative estimate of drug-likeness (QED) is 0.777. The average Bonchev–Trinajstić information content (AvgIpc) is 3.15. The lowest BCUT2D eigenvalue weighted by molar-refractivity contribution is -0.137. The van der Waals surface area contributed by atoms with E-state index in [-0.39, 0.29) is 16.1 Å². The number of aromatic carboxylic acids is 1. The first-order valence-corrected chi connectivity index (χ1v) is 9.88. The van der Waals surface area contributed by atoms with Gasteiger partial charge in [-0.2, -0.15) is 13.2 Å². The summed E-state index contributed by atoms with van der Waals surface area (Å²) in [5.41, 5.74) is -1.07. The highest BCUT2D eigenvalue weighted by molar-refractivity contribution is 7.92. The van der Waals surface area contributed by atoms with Gasteiger partial charge in [-0.3, -0.25) is 4.72 Å². The van der Waals surface area contributed by atoms with Gasteiger partial charge in [-0.15, -0.1) is 0 Å². The number of halogens is 3. The summed E-state index contributed by atoms with van der Waals surface area (Å²) in [6, 6.07) is 7.53. The molecule has 1 saturated heterocycles. The van der Waals surface area contributed by atoms with E-state index >= 15 is 0 Å². The van der Waals surface area contributed by atoms with Crippen LogP contribution in [0, 0.1) is 0 Å². The SMILES string of the molecule is O=C(O)c1cccc(S(=O)(=O)Nc2cc(C(F)(F)F)ccc2N2CCCC2)c1. The minimum Gasteiger partial charge on any atom is -0.478 e. The highest BCUT2D eigenvalue weighted by atomic mass is 32.2. The summed E-state index contributed by atoms with van der Waals surface area (Å²) in [4.78, 5) is 12.5. The van der Waals surface area contributed by atoms with Crippen molar-refractivity contribution in [2.24, 2.45) is 0 Å². The van der Waals surface area contributed by atoms with E-state index in [0.717, 1.165) is 31.0 Å². The molecule has 0 amide bonds. The largest absolute Gasteiger partial charge is 0.478 e. The summed E-state index contributed by atoms with van der Waals surface area (Å²) < 4.78 is 67.0. The normalized spacial score (nSPS) is 14.9. The molecule has 0 bridgehead atoms. The van der Waals surface area contributed by atoms with Gasteiger partial charge in [0.05, 0.1) is 27.4 Å². The molecule has 1 aliphatic heterocycles. The zero-order valence-electron chi connectivity index (χ0n) is 14.5. The summed E-state index contributed by atoms with van der Waals surface area (Å²) in [6.07, 6.45) is -2.92. The Bertz CT molecular complexity index is 1000. The van der Waals surface area contributed by atoms with Crippen molar-refractivity contribution in [3.8, 4) is 0 Å². The van der Waals surface area contributed by atoms with Crippen molar-refractivity contribution in [3.05, 3.63) is 53.6 Å². The van der Waals surface area contributed by atoms with Crippen LogP contribution in [-0.2, 0) is 16.2 Å². The highest BCUT2D eigenvalue weighted by Crippen LogP contribution is 2.37. The van der Waals surface area contributed by atoms with Crippen molar-refractivity contribution in [2.75, 3.05) is 22.7 Å². The molecule has 0 unspecified atom stereocenters. The minimum absolute atomic E-state index is 0.197. The number of benzene rings is 2. The average molecular weight is 414 g/mol. The fourth-order valence-corrected chi connectivity index (χ4v) is 4.14. The topological polar surface area (TPSA) is 86.7 Å². The molecule has 0 atom stereocenters. The zero-order valence-corrected chi connectivity index (χ0v) is 15.3. The van der Waals surface area contributed by atoms with Crippen LogP contribution < -0.4 is 9.62 Å². The molecule has 10 heteroatoms. The van der Waals surface area contributed by atoms with Gasteiger partial charge in [0.15, 0.2) is 0 Å². The lowest BCUT2D eigenvalue weighted by Gasteiger charge is -2.23. The zero-order chi connectivity index (χ0) is 20.5. The molecule has 6 nitrogen and oxygen atoms in total. The van der Waals surface area contributed by atoms with E-state index in [1.807, 2.05) is 4.90 Å². The standard InChI is InChI=1S/C18H17F3N2O4S/c19-18(20,21)13-6-7-16(23-8-1-2-9-23)15(11-13)22-28(26,27)14-5-3-4-12(10-14)17(24)25/h3-7,10-11,22H,1-2,8-9H2,(H,24,25). The van der Waals surface area contributed by atoms with E-state index in [1.165, 1.54) is 24.3 Å². The van der Waals surface area contributed by atoms with Crippen LogP contribution >= 0.6 is 0 Å². The van der Waals surface area contributed by atoms with E-state index < -0.39 is 27.7 Å². The molecule has 0 spiro atoms. The van der Waals surface area contributed by atoms with Crippen LogP contribution in [0.3, 0.4) is 0 Å². The summed E-state index contributed by atoms with van der Waals surface area (Å²) in [6.45, 7) is 1.21. The summed E-state index contributed by atoms with van der Waals surface area (Å²) in [7, 11) is -4.29. The van der Waals surface area contributed by atoms with Crippen molar-refractivity contribution in [1.29, 1.82) is 0 Å². The number of carboxylic acids is 1. The third kappa shape index (κ3) is 4.22. The fourth-order valence-electron chi connectivity index (χ4n) is 3.03. The van der Waals surface area contributed by atoms with Gasteiger partial charge in [0.25, 0.3) is 10.0 Å². The second kappa shape index (κ2) is 7.34. The van der Waals surface area contributed by atoms with Gasteiger partial charge in [0.1, 0.15) is 0 Å². The van der Waals surface area contributed by atoms with Crippen LogP contribution in [0.1, 0.15) is 28.8 Å². The number of hydrogen-bond acceptors (Lipinski definition) is 4. The smallest absolute Gasteiger partial charge is 0.416 e. The first-order chi connectivity index (χ1) is 13.1. The molecule has 1 fully saturated rings. The Morgan fingerprint density at radius 1 is 1.07 bits per heavy atom. The third-order valence-corrected chi connectivity index (χ3v) is 5.77. The first-order valence-electron chi connectivity index (χ1n) is 8.40. The van der Waals surface area contributed by atoms with Crippen LogP contribution in [0.5, 0.6) is 0 Å². The van der Waals surface area contributed by atoms with Gasteiger partial charge in [0.2, 0.25) is 0 Å². The predicted molar refractivity (Wildman–Crippen MR) is 97.1 cm³/mol. The second-order valence-electron chi connectivity index (χ2n) is 6.36. The van der Waals surface area contributed by atoms with E-state index in [1.54, 1.807) is 0 Å². The number of nitrogens with zero attached hydrogens (tertiary/aromatic N) is 1. The number of alkyl halides is 3. The number of nitrogens with one attached hydrogen (secondary N) is 1. The Kier molecular flexibility index (Phi) is 5.24. The van der Waals surface area contributed by atoms with E-state index in [9.17, 15) is 26.4 Å². The predicted octanol–water partition coefficient (Wildman–Crippen LogP) is 3.80. The molecule has 0 aromatic heterocycles. The van der Waals surface area contributed by atoms with Crippen LogP contribution in [0.15, 0.2) is 47.4 Å². The van der Waals surface area contributed by atoms with E-state index in [2.05, 4.69) is 4.72 Å². The number of carbonyl (C=O) groups is 1. The molecule has 150 valence electrons. The van der Waals surface area contributed by atoms with E-state index in [0.29, 0.717) is 18.8 Å². The number of carboxylic acid groups (broad SMARTS) is 1. The Morgan fingerprint density at radius 3 is 2.36 bits per heavy atom. The molecule has 0 saturated carbocycles. The summed E-state index contributed by atoms with van der Waals surface area (Å²) in [5.74, 6) is -1.31. The maximum atomic E-state index is 13.1. The molecule has 2 N–H and O–H groups in total. The van der Waals surface area contributed by atoms with Gasteiger partial charge in [0, 0.05) is 13.1 Å². The summed E-state index contributed by atoms with van der Waals surface area (Å²) >= 11 is 0. The van der Waals surface area contributed by atoms with Crippen molar-refractivity contribution >= 4 is 27.4 Å². The van der Waals surface area contributed by atoms with E-state index in [4.69, 9.17) is 5.11 Å². The van der Waals surface area contributed by atoms with Crippen LogP contribution in [0.4, 0.5) is 24.5 Å². The Balaban J connectivity index is 2.03. The van der Waals surface area contributed by atoms with Crippen LogP contribution in [0.25, 0.3) is 0 Å². The van der Waals surface area contributed by atoms with Gasteiger partial charge in [-0.25, -0.2) is 13.2 Å². The maximum Gasteiger partial charge on any atom is 0.416 e. The lowest BCUT2D eigenvalue weighted by atomic mass is 10.1. The third-order valence-electron chi connectivity index (χ3n) is 4.41. The molecule has 1 aliphatic rings. The van der Waals surface area contributed by atoms with Crippen molar-refractivity contribution in [3.63, 3.8) is 0 Å². The Labute approximate surface area is 159 Å². The molecule has 2 aromatic carbocycles. The van der Waals surface area contributed by atoms with Gasteiger partial charge in [-0.05, 0) is 49.2 Å². The molecular formula is C18H17F3N2O4S. The van der Waals surface area contributed by atoms with Gasteiger partial charge < -0.3 is 10.0 Å². The lowest BCUT2D eigenvalue weighted by Crippen LogP contribution is -2.22. The molecule has 2 aromatic rings. The van der Waals surface area contributed by atoms with Crippen molar-refractivity contribution < 1.29 is 31.5 Å². The van der Waals surface area contributed by atoms with Crippen LogP contribution in [-0.4, -0.2) is 32.6 Å². The Hall–Kier alpha value is -2.75. The van der Waals surface area contributed by atoms with Gasteiger partial charge in [-0.1, -0.05) is 6.07 Å². The summed E-state index contributed by atoms with van der Waals surface area (Å²) in [5, 5.41) is 9.03. The monoisotopic (exact) mass is 414 g/mol. The minimum atomic E-state index is -4.63. The fraction of sp³-hybridized carbons (Fsp3) is 0.278. The van der Waals surface area contributed by atoms with Crippen molar-refractivity contribution in [2.45, 2.75) is 23.9 Å². The molecule has 0 radical (unpaired) electrons. The number of sulfonamides is 1.